The Labute approximate surface area is 112 Å². The molecule has 2 N–H and O–H groups in total. The van der Waals surface area contributed by atoms with Crippen LogP contribution in [0, 0.1) is 0 Å². The van der Waals surface area contributed by atoms with Crippen molar-refractivity contribution in [2.45, 2.75) is 0 Å². The maximum absolute atomic E-state index is 5.73. The second-order valence-corrected chi connectivity index (χ2v) is 4.58. The number of hydrogen-bond donors (Lipinski definition) is 1. The molecule has 98 valence electrons. The van der Waals surface area contributed by atoms with Crippen LogP contribution < -0.4 is 15.5 Å². The van der Waals surface area contributed by atoms with Crippen molar-refractivity contribution in [2.75, 3.05) is 41.7 Å². The number of piperazine rings is 1. The molecule has 0 saturated carbocycles. The lowest BCUT2D eigenvalue weighted by atomic mass is 10.3. The van der Waals surface area contributed by atoms with Gasteiger partial charge >= 0.3 is 0 Å². The van der Waals surface area contributed by atoms with Crippen molar-refractivity contribution >= 4 is 17.5 Å². The molecule has 2 aromatic heterocycles. The van der Waals surface area contributed by atoms with Crippen molar-refractivity contribution in [1.29, 1.82) is 0 Å². The zero-order valence-corrected chi connectivity index (χ0v) is 10.7. The van der Waals surface area contributed by atoms with Gasteiger partial charge in [0.05, 0.1) is 0 Å². The van der Waals surface area contributed by atoms with E-state index in [2.05, 4.69) is 25.8 Å². The van der Waals surface area contributed by atoms with E-state index in [1.54, 1.807) is 0 Å². The molecule has 0 aliphatic carbocycles. The van der Waals surface area contributed by atoms with Crippen molar-refractivity contribution in [1.82, 2.24) is 9.97 Å². The van der Waals surface area contributed by atoms with Crippen molar-refractivity contribution < 1.29 is 0 Å². The number of nitrogen functional groups attached to an aromatic ring is 1. The van der Waals surface area contributed by atoms with E-state index >= 15 is 0 Å². The molecule has 0 radical (unpaired) electrons. The number of rotatable bonds is 2. The van der Waals surface area contributed by atoms with Crippen molar-refractivity contribution in [2.24, 2.45) is 0 Å². The van der Waals surface area contributed by atoms with Gasteiger partial charge in [-0.25, -0.2) is 9.97 Å². The minimum absolute atomic E-state index is 0.574. The van der Waals surface area contributed by atoms with Crippen LogP contribution in [0.1, 0.15) is 0 Å². The van der Waals surface area contributed by atoms with Crippen LogP contribution in [0.25, 0.3) is 0 Å². The Bertz CT molecular complexity index is 535. The standard InChI is InChI=1S/C14H17N5/c15-12-4-3-6-14(17-12)19-10-8-18(9-11-19)13-5-1-2-7-16-13/h1-7H,8-11H2,(H2,15,17). The zero-order valence-electron chi connectivity index (χ0n) is 10.7. The monoisotopic (exact) mass is 255 g/mol. The minimum Gasteiger partial charge on any atom is -0.384 e. The molecule has 0 atom stereocenters. The fourth-order valence-corrected chi connectivity index (χ4v) is 2.32. The van der Waals surface area contributed by atoms with E-state index in [0.717, 1.165) is 37.8 Å². The predicted molar refractivity (Wildman–Crippen MR) is 77.3 cm³/mol. The Hall–Kier alpha value is -2.30. The highest BCUT2D eigenvalue weighted by atomic mass is 15.3. The smallest absolute Gasteiger partial charge is 0.131 e. The molecule has 1 aliphatic rings. The zero-order chi connectivity index (χ0) is 13.1. The summed E-state index contributed by atoms with van der Waals surface area (Å²) in [5, 5.41) is 0. The van der Waals surface area contributed by atoms with Crippen LogP contribution in [0.2, 0.25) is 0 Å². The molecule has 1 fully saturated rings. The molecule has 0 spiro atoms. The summed E-state index contributed by atoms with van der Waals surface area (Å²) in [6.07, 6.45) is 1.83. The van der Waals surface area contributed by atoms with Gasteiger partial charge in [0.25, 0.3) is 0 Å². The van der Waals surface area contributed by atoms with Gasteiger partial charge in [-0.05, 0) is 24.3 Å². The lowest BCUT2D eigenvalue weighted by molar-refractivity contribution is 0.642. The van der Waals surface area contributed by atoms with Crippen LogP contribution in [0.15, 0.2) is 42.6 Å². The molecule has 2 aromatic rings. The number of nitrogens with zero attached hydrogens (tertiary/aromatic N) is 4. The highest BCUT2D eigenvalue weighted by Gasteiger charge is 2.18. The topological polar surface area (TPSA) is 58.3 Å². The van der Waals surface area contributed by atoms with Gasteiger partial charge in [0, 0.05) is 32.4 Å². The SMILES string of the molecule is Nc1cccc(N2CCN(c3ccccn3)CC2)n1. The van der Waals surface area contributed by atoms with Gasteiger partial charge < -0.3 is 15.5 Å². The van der Waals surface area contributed by atoms with E-state index in [9.17, 15) is 0 Å². The minimum atomic E-state index is 0.574. The number of aromatic nitrogens is 2. The van der Waals surface area contributed by atoms with E-state index in [4.69, 9.17) is 5.73 Å². The highest BCUT2D eigenvalue weighted by Crippen LogP contribution is 2.17. The largest absolute Gasteiger partial charge is 0.384 e. The second-order valence-electron chi connectivity index (χ2n) is 4.58. The van der Waals surface area contributed by atoms with Crippen LogP contribution in [0.3, 0.4) is 0 Å². The summed E-state index contributed by atoms with van der Waals surface area (Å²) in [4.78, 5) is 13.3. The summed E-state index contributed by atoms with van der Waals surface area (Å²) in [5.41, 5.74) is 5.73. The molecular formula is C14H17N5. The van der Waals surface area contributed by atoms with E-state index in [0.29, 0.717) is 5.82 Å². The Morgan fingerprint density at radius 3 is 2.16 bits per heavy atom. The lowest BCUT2D eigenvalue weighted by Gasteiger charge is -2.36. The van der Waals surface area contributed by atoms with E-state index in [1.165, 1.54) is 0 Å². The third kappa shape index (κ3) is 2.59. The summed E-state index contributed by atoms with van der Waals surface area (Å²) < 4.78 is 0. The molecule has 3 rings (SSSR count). The average molecular weight is 255 g/mol. The first kappa shape index (κ1) is 11.8. The molecule has 5 heteroatoms. The molecule has 0 aromatic carbocycles. The van der Waals surface area contributed by atoms with Crippen LogP contribution in [-0.4, -0.2) is 36.1 Å². The van der Waals surface area contributed by atoms with Gasteiger partial charge in [-0.1, -0.05) is 12.1 Å². The Balaban J connectivity index is 1.67. The third-order valence-corrected chi connectivity index (χ3v) is 3.33. The van der Waals surface area contributed by atoms with Crippen molar-refractivity contribution in [3.8, 4) is 0 Å². The van der Waals surface area contributed by atoms with Gasteiger partial charge in [0.15, 0.2) is 0 Å². The third-order valence-electron chi connectivity index (χ3n) is 3.33. The highest BCUT2D eigenvalue weighted by molar-refractivity contribution is 5.47. The van der Waals surface area contributed by atoms with Crippen LogP contribution in [0.4, 0.5) is 17.5 Å². The van der Waals surface area contributed by atoms with Gasteiger partial charge in [-0.2, -0.15) is 0 Å². The van der Waals surface area contributed by atoms with Gasteiger partial charge in [0.1, 0.15) is 17.5 Å². The van der Waals surface area contributed by atoms with Crippen LogP contribution in [0.5, 0.6) is 0 Å². The average Bonchev–Trinajstić information content (AvgIpc) is 2.48. The Morgan fingerprint density at radius 1 is 0.842 bits per heavy atom. The first-order chi connectivity index (χ1) is 9.33. The molecule has 0 amide bonds. The quantitative estimate of drug-likeness (QED) is 0.878. The maximum Gasteiger partial charge on any atom is 0.131 e. The maximum atomic E-state index is 5.73. The van der Waals surface area contributed by atoms with Crippen LogP contribution >= 0.6 is 0 Å². The summed E-state index contributed by atoms with van der Waals surface area (Å²) in [6, 6.07) is 11.8. The van der Waals surface area contributed by atoms with Gasteiger partial charge in [-0.15, -0.1) is 0 Å². The molecule has 0 bridgehead atoms. The molecule has 0 unspecified atom stereocenters. The first-order valence-corrected chi connectivity index (χ1v) is 6.46. The Morgan fingerprint density at radius 2 is 1.53 bits per heavy atom. The Kier molecular flexibility index (Phi) is 3.18. The summed E-state index contributed by atoms with van der Waals surface area (Å²) in [6.45, 7) is 3.78. The molecule has 1 saturated heterocycles. The normalized spacial score (nSPS) is 15.6. The second kappa shape index (κ2) is 5.14. The number of pyridine rings is 2. The summed E-state index contributed by atoms with van der Waals surface area (Å²) in [7, 11) is 0. The molecule has 19 heavy (non-hydrogen) atoms. The van der Waals surface area contributed by atoms with Crippen LogP contribution in [-0.2, 0) is 0 Å². The van der Waals surface area contributed by atoms with Crippen molar-refractivity contribution in [3.63, 3.8) is 0 Å². The lowest BCUT2D eigenvalue weighted by Crippen LogP contribution is -2.47. The molecule has 3 heterocycles. The molecule has 5 nitrogen and oxygen atoms in total. The molecule has 1 aliphatic heterocycles. The van der Waals surface area contributed by atoms with Crippen molar-refractivity contribution in [3.05, 3.63) is 42.6 Å². The first-order valence-electron chi connectivity index (χ1n) is 6.46. The van der Waals surface area contributed by atoms with E-state index < -0.39 is 0 Å². The number of nitrogens with two attached hydrogens (primary N) is 1. The molecular weight excluding hydrogens is 238 g/mol. The van der Waals surface area contributed by atoms with Gasteiger partial charge in [-0.3, -0.25) is 0 Å². The van der Waals surface area contributed by atoms with Gasteiger partial charge in [0.2, 0.25) is 0 Å². The summed E-state index contributed by atoms with van der Waals surface area (Å²) >= 11 is 0. The van der Waals surface area contributed by atoms with E-state index in [-0.39, 0.29) is 0 Å². The number of anilines is 3. The van der Waals surface area contributed by atoms with E-state index in [1.807, 2.05) is 36.5 Å². The fourth-order valence-electron chi connectivity index (χ4n) is 2.32. The fraction of sp³-hybridized carbons (Fsp3) is 0.286. The summed E-state index contributed by atoms with van der Waals surface area (Å²) in [5.74, 6) is 2.58. The number of hydrogen-bond acceptors (Lipinski definition) is 5. The predicted octanol–water partition coefficient (Wildman–Crippen LogP) is 1.39.